The van der Waals surface area contributed by atoms with Crippen LogP contribution in [-0.4, -0.2) is 27.4 Å². The number of aliphatic carboxylic acids is 1. The third-order valence-electron chi connectivity index (χ3n) is 3.24. The van der Waals surface area contributed by atoms with Gasteiger partial charge < -0.3 is 15.7 Å². The number of nitrogens with two attached hydrogens (primary N) is 1. The van der Waals surface area contributed by atoms with Crippen LogP contribution >= 0.6 is 11.3 Å². The molecule has 0 saturated heterocycles. The van der Waals surface area contributed by atoms with Crippen LogP contribution in [-0.2, 0) is 9.63 Å². The summed E-state index contributed by atoms with van der Waals surface area (Å²) in [4.78, 5) is 20.6. The molecule has 7 heteroatoms. The van der Waals surface area contributed by atoms with Gasteiger partial charge in [-0.3, -0.25) is 0 Å². The molecular weight excluding hydrogens is 266 g/mol. The largest absolute Gasteiger partial charge is 0.476 e. The fraction of sp³-hybridized carbons (Fsp3) is 0.583. The van der Waals surface area contributed by atoms with E-state index >= 15 is 0 Å². The first-order chi connectivity index (χ1) is 9.00. The van der Waals surface area contributed by atoms with Gasteiger partial charge in [-0.05, 0) is 32.6 Å². The number of anilines is 1. The van der Waals surface area contributed by atoms with E-state index in [0.717, 1.165) is 25.7 Å². The molecule has 0 aliphatic heterocycles. The Morgan fingerprint density at radius 1 is 1.53 bits per heavy atom. The number of hydrogen-bond acceptors (Lipinski definition) is 6. The number of rotatable bonds is 4. The zero-order chi connectivity index (χ0) is 13.9. The Bertz CT molecular complexity index is 492. The molecule has 0 spiro atoms. The van der Waals surface area contributed by atoms with E-state index in [1.54, 1.807) is 5.38 Å². The van der Waals surface area contributed by atoms with Gasteiger partial charge in [0.15, 0.2) is 5.13 Å². The Hall–Kier alpha value is -1.63. The van der Waals surface area contributed by atoms with E-state index in [-0.39, 0.29) is 17.0 Å². The Kier molecular flexibility index (Phi) is 4.04. The molecule has 0 unspecified atom stereocenters. The number of hydrogen-bond donors (Lipinski definition) is 2. The number of aromatic nitrogens is 1. The molecule has 0 aromatic carbocycles. The van der Waals surface area contributed by atoms with Crippen LogP contribution in [0, 0.1) is 0 Å². The van der Waals surface area contributed by atoms with Crippen molar-refractivity contribution in [3.63, 3.8) is 0 Å². The lowest BCUT2D eigenvalue weighted by Gasteiger charge is -2.30. The van der Waals surface area contributed by atoms with Crippen LogP contribution in [0.15, 0.2) is 10.5 Å². The van der Waals surface area contributed by atoms with Gasteiger partial charge in [0.25, 0.3) is 0 Å². The topological polar surface area (TPSA) is 97.8 Å². The Morgan fingerprint density at radius 2 is 2.21 bits per heavy atom. The minimum absolute atomic E-state index is 0.195. The highest BCUT2D eigenvalue weighted by Gasteiger charge is 2.30. The fourth-order valence-electron chi connectivity index (χ4n) is 2.14. The second kappa shape index (κ2) is 5.56. The van der Waals surface area contributed by atoms with Crippen molar-refractivity contribution >= 4 is 28.1 Å². The van der Waals surface area contributed by atoms with Crippen molar-refractivity contribution in [2.75, 3.05) is 5.73 Å². The lowest BCUT2D eigenvalue weighted by Crippen LogP contribution is -2.30. The Morgan fingerprint density at radius 3 is 2.74 bits per heavy atom. The minimum atomic E-state index is -1.16. The van der Waals surface area contributed by atoms with Gasteiger partial charge in [0.05, 0.1) is 0 Å². The first kappa shape index (κ1) is 13.8. The highest BCUT2D eigenvalue weighted by molar-refractivity contribution is 7.13. The van der Waals surface area contributed by atoms with Crippen molar-refractivity contribution in [2.45, 2.75) is 44.6 Å². The number of oxime groups is 1. The predicted molar refractivity (Wildman–Crippen MR) is 73.3 cm³/mol. The maximum absolute atomic E-state index is 11.2. The molecular formula is C12H17N3O3S. The third-order valence-corrected chi connectivity index (χ3v) is 3.91. The average Bonchev–Trinajstić information content (AvgIpc) is 2.76. The molecule has 1 heterocycles. The van der Waals surface area contributed by atoms with E-state index in [4.69, 9.17) is 15.7 Å². The predicted octanol–water partition coefficient (Wildman–Crippen LogP) is 2.25. The summed E-state index contributed by atoms with van der Waals surface area (Å²) in [6.07, 6.45) is 5.14. The van der Waals surface area contributed by atoms with Crippen molar-refractivity contribution in [3.8, 4) is 0 Å². The molecule has 0 amide bonds. The monoisotopic (exact) mass is 283 g/mol. The Labute approximate surface area is 115 Å². The molecule has 104 valence electrons. The summed E-state index contributed by atoms with van der Waals surface area (Å²) in [7, 11) is 0. The van der Waals surface area contributed by atoms with E-state index in [9.17, 15) is 4.79 Å². The molecule has 19 heavy (non-hydrogen) atoms. The van der Waals surface area contributed by atoms with E-state index in [2.05, 4.69) is 10.1 Å². The summed E-state index contributed by atoms with van der Waals surface area (Å²) in [5.74, 6) is -1.16. The zero-order valence-electron chi connectivity index (χ0n) is 10.8. The van der Waals surface area contributed by atoms with Crippen molar-refractivity contribution in [1.29, 1.82) is 0 Å². The lowest BCUT2D eigenvalue weighted by molar-refractivity contribution is -0.129. The van der Waals surface area contributed by atoms with Gasteiger partial charge in [0, 0.05) is 5.38 Å². The van der Waals surface area contributed by atoms with Gasteiger partial charge in [-0.25, -0.2) is 9.78 Å². The zero-order valence-corrected chi connectivity index (χ0v) is 11.6. The van der Waals surface area contributed by atoms with E-state index in [1.807, 2.05) is 6.92 Å². The second-order valence-electron chi connectivity index (χ2n) is 4.92. The summed E-state index contributed by atoms with van der Waals surface area (Å²) in [6.45, 7) is 1.96. The normalized spacial score (nSPS) is 19.1. The van der Waals surface area contributed by atoms with Gasteiger partial charge in [0.2, 0.25) is 5.71 Å². The van der Waals surface area contributed by atoms with E-state index in [1.165, 1.54) is 17.8 Å². The molecule has 1 aromatic heterocycles. The van der Waals surface area contributed by atoms with Crippen LogP contribution in [0.3, 0.4) is 0 Å². The maximum atomic E-state index is 11.2. The number of thiazole rings is 1. The van der Waals surface area contributed by atoms with Crippen molar-refractivity contribution < 1.29 is 14.7 Å². The average molecular weight is 283 g/mol. The van der Waals surface area contributed by atoms with Crippen LogP contribution in [0.25, 0.3) is 0 Å². The molecule has 0 bridgehead atoms. The summed E-state index contributed by atoms with van der Waals surface area (Å²) >= 11 is 1.18. The van der Waals surface area contributed by atoms with Crippen LogP contribution in [0.1, 0.15) is 44.7 Å². The quantitative estimate of drug-likeness (QED) is 0.652. The summed E-state index contributed by atoms with van der Waals surface area (Å²) < 4.78 is 0. The van der Waals surface area contributed by atoms with E-state index in [0.29, 0.717) is 5.13 Å². The lowest BCUT2D eigenvalue weighted by atomic mass is 9.87. The molecule has 6 nitrogen and oxygen atoms in total. The SMILES string of the molecule is CC1(ON=C(C(=O)O)c2csc(N)n2)CCCCC1. The van der Waals surface area contributed by atoms with Gasteiger partial charge in [-0.15, -0.1) is 11.3 Å². The van der Waals surface area contributed by atoms with Crippen molar-refractivity contribution in [1.82, 2.24) is 4.98 Å². The summed E-state index contributed by atoms with van der Waals surface area (Å²) in [6, 6.07) is 0. The molecule has 1 aliphatic carbocycles. The maximum Gasteiger partial charge on any atom is 0.360 e. The standard InChI is InChI=1S/C12H17N3O3S/c1-12(5-3-2-4-6-12)18-15-9(10(16)17)8-7-19-11(13)14-8/h7H,2-6H2,1H3,(H2,13,14)(H,16,17). The highest BCUT2D eigenvalue weighted by Crippen LogP contribution is 2.31. The first-order valence-electron chi connectivity index (χ1n) is 6.21. The van der Waals surface area contributed by atoms with Crippen molar-refractivity contribution in [3.05, 3.63) is 11.1 Å². The molecule has 1 aliphatic rings. The summed E-state index contributed by atoms with van der Waals surface area (Å²) in [5, 5.41) is 14.8. The number of carboxylic acid groups (broad SMARTS) is 1. The highest BCUT2D eigenvalue weighted by atomic mass is 32.1. The smallest absolute Gasteiger partial charge is 0.360 e. The van der Waals surface area contributed by atoms with Gasteiger partial charge in [-0.1, -0.05) is 11.6 Å². The number of carboxylic acids is 1. The Balaban J connectivity index is 2.15. The molecule has 0 radical (unpaired) electrons. The molecule has 1 saturated carbocycles. The second-order valence-corrected chi connectivity index (χ2v) is 5.81. The third kappa shape index (κ3) is 3.44. The van der Waals surface area contributed by atoms with Gasteiger partial charge in [0.1, 0.15) is 11.3 Å². The number of carbonyl (C=O) groups is 1. The molecule has 3 N–H and O–H groups in total. The van der Waals surface area contributed by atoms with Crippen LogP contribution in [0.5, 0.6) is 0 Å². The first-order valence-corrected chi connectivity index (χ1v) is 7.09. The minimum Gasteiger partial charge on any atom is -0.476 e. The molecule has 0 atom stereocenters. The van der Waals surface area contributed by atoms with Crippen LogP contribution < -0.4 is 5.73 Å². The van der Waals surface area contributed by atoms with Crippen LogP contribution in [0.4, 0.5) is 5.13 Å². The number of nitrogen functional groups attached to an aromatic ring is 1. The van der Waals surface area contributed by atoms with E-state index < -0.39 is 5.97 Å². The molecule has 2 rings (SSSR count). The van der Waals surface area contributed by atoms with Gasteiger partial charge >= 0.3 is 5.97 Å². The number of nitrogens with zero attached hydrogens (tertiary/aromatic N) is 2. The molecule has 1 fully saturated rings. The van der Waals surface area contributed by atoms with Gasteiger partial charge in [-0.2, -0.15) is 0 Å². The van der Waals surface area contributed by atoms with Crippen molar-refractivity contribution in [2.24, 2.45) is 5.16 Å². The summed E-state index contributed by atoms with van der Waals surface area (Å²) in [5.41, 5.74) is 5.18. The van der Waals surface area contributed by atoms with Crippen LogP contribution in [0.2, 0.25) is 0 Å². The molecule has 1 aromatic rings. The fourth-order valence-corrected chi connectivity index (χ4v) is 2.69.